The summed E-state index contributed by atoms with van der Waals surface area (Å²) < 4.78 is 2.08. The van der Waals surface area contributed by atoms with Crippen molar-refractivity contribution in [1.29, 1.82) is 0 Å². The highest BCUT2D eigenvalue weighted by atomic mass is 16.2. The van der Waals surface area contributed by atoms with Crippen molar-refractivity contribution in [2.24, 2.45) is 0 Å². The lowest BCUT2D eigenvalue weighted by Crippen LogP contribution is -2.43. The Hall–Kier alpha value is -3.49. The molecule has 0 fully saturated rings. The van der Waals surface area contributed by atoms with E-state index in [-0.39, 0.29) is 12.1 Å². The van der Waals surface area contributed by atoms with Gasteiger partial charge < -0.3 is 20.1 Å². The molecule has 1 aromatic carbocycles. The van der Waals surface area contributed by atoms with E-state index in [9.17, 15) is 4.79 Å². The molecule has 9 heteroatoms. The molecule has 0 radical (unpaired) electrons. The summed E-state index contributed by atoms with van der Waals surface area (Å²) in [6, 6.07) is 9.67. The number of hydrogen-bond donors (Lipinski definition) is 2. The van der Waals surface area contributed by atoms with E-state index in [1.807, 2.05) is 44.4 Å². The van der Waals surface area contributed by atoms with Crippen molar-refractivity contribution in [2.45, 2.75) is 25.4 Å². The Morgan fingerprint density at radius 2 is 1.89 bits per heavy atom. The van der Waals surface area contributed by atoms with Gasteiger partial charge in [0.05, 0.1) is 18.1 Å². The molecule has 9 nitrogen and oxygen atoms in total. The predicted octanol–water partition coefficient (Wildman–Crippen LogP) is 1.94. The van der Waals surface area contributed by atoms with Crippen LogP contribution in [0, 0.1) is 0 Å². The second kappa shape index (κ2) is 7.63. The predicted molar refractivity (Wildman–Crippen MR) is 106 cm³/mol. The molecule has 2 amide bonds. The summed E-state index contributed by atoms with van der Waals surface area (Å²) in [5.41, 5.74) is 1.57. The summed E-state index contributed by atoms with van der Waals surface area (Å²) in [6.45, 7) is 0.635. The number of carbonyl (C=O) groups is 1. The number of nitrogens with one attached hydrogen (secondary N) is 2. The van der Waals surface area contributed by atoms with Gasteiger partial charge in [-0.15, -0.1) is 10.2 Å². The molecule has 3 heterocycles. The Balaban J connectivity index is 1.41. The van der Waals surface area contributed by atoms with E-state index >= 15 is 0 Å². The van der Waals surface area contributed by atoms with Crippen molar-refractivity contribution in [3.05, 3.63) is 48.5 Å². The van der Waals surface area contributed by atoms with Gasteiger partial charge in [0.1, 0.15) is 5.82 Å². The third-order valence-electron chi connectivity index (χ3n) is 4.61. The van der Waals surface area contributed by atoms with Crippen LogP contribution >= 0.6 is 0 Å². The third kappa shape index (κ3) is 3.78. The minimum atomic E-state index is -0.274. The number of hydrogen-bond acceptors (Lipinski definition) is 6. The molecule has 2 N–H and O–H groups in total. The van der Waals surface area contributed by atoms with E-state index in [2.05, 4.69) is 35.4 Å². The quantitative estimate of drug-likeness (QED) is 0.720. The SMILES string of the molecule is CN(C)c1ncc(NC(=O)NC2CCc3nnc(-c4ccccc4)n3C2)cn1. The lowest BCUT2D eigenvalue weighted by Gasteiger charge is -2.25. The molecule has 0 aliphatic carbocycles. The van der Waals surface area contributed by atoms with Gasteiger partial charge in [-0.05, 0) is 6.42 Å². The largest absolute Gasteiger partial charge is 0.347 e. The van der Waals surface area contributed by atoms with Gasteiger partial charge >= 0.3 is 6.03 Å². The second-order valence-corrected chi connectivity index (χ2v) is 6.92. The molecule has 3 aromatic rings. The summed E-state index contributed by atoms with van der Waals surface area (Å²) in [4.78, 5) is 22.6. The van der Waals surface area contributed by atoms with Gasteiger partial charge in [-0.25, -0.2) is 14.8 Å². The number of benzene rings is 1. The zero-order chi connectivity index (χ0) is 19.5. The first-order valence-electron chi connectivity index (χ1n) is 9.14. The maximum Gasteiger partial charge on any atom is 0.319 e. The van der Waals surface area contributed by atoms with Gasteiger partial charge in [0.2, 0.25) is 5.95 Å². The number of aromatic nitrogens is 5. The van der Waals surface area contributed by atoms with Crippen molar-refractivity contribution in [2.75, 3.05) is 24.3 Å². The highest BCUT2D eigenvalue weighted by Gasteiger charge is 2.24. The fourth-order valence-corrected chi connectivity index (χ4v) is 3.21. The Labute approximate surface area is 162 Å². The van der Waals surface area contributed by atoms with Crippen LogP contribution in [0.15, 0.2) is 42.7 Å². The highest BCUT2D eigenvalue weighted by molar-refractivity contribution is 5.89. The van der Waals surface area contributed by atoms with E-state index in [0.29, 0.717) is 18.2 Å². The Bertz CT molecular complexity index is 952. The molecule has 1 aliphatic rings. The number of fused-ring (bicyclic) bond motifs is 1. The zero-order valence-corrected chi connectivity index (χ0v) is 15.8. The van der Waals surface area contributed by atoms with Gasteiger partial charge in [-0.1, -0.05) is 30.3 Å². The van der Waals surface area contributed by atoms with Crippen LogP contribution in [-0.2, 0) is 13.0 Å². The van der Waals surface area contributed by atoms with Crippen LogP contribution in [0.4, 0.5) is 16.4 Å². The number of nitrogens with zero attached hydrogens (tertiary/aromatic N) is 6. The van der Waals surface area contributed by atoms with Crippen molar-refractivity contribution < 1.29 is 4.79 Å². The smallest absolute Gasteiger partial charge is 0.319 e. The zero-order valence-electron chi connectivity index (χ0n) is 15.8. The van der Waals surface area contributed by atoms with Gasteiger partial charge in [0.15, 0.2) is 5.82 Å². The van der Waals surface area contributed by atoms with Crippen LogP contribution in [0.25, 0.3) is 11.4 Å². The van der Waals surface area contributed by atoms with Crippen LogP contribution in [0.2, 0.25) is 0 Å². The number of amides is 2. The molecule has 0 spiro atoms. The number of anilines is 2. The molecule has 2 aromatic heterocycles. The summed E-state index contributed by atoms with van der Waals surface area (Å²) in [5.74, 6) is 2.37. The van der Waals surface area contributed by atoms with Gasteiger partial charge in [0, 0.05) is 38.7 Å². The lowest BCUT2D eigenvalue weighted by atomic mass is 10.1. The van der Waals surface area contributed by atoms with Crippen LogP contribution in [-0.4, -0.2) is 50.9 Å². The van der Waals surface area contributed by atoms with Crippen molar-refractivity contribution in [3.8, 4) is 11.4 Å². The molecule has 1 unspecified atom stereocenters. The van der Waals surface area contributed by atoms with E-state index in [1.54, 1.807) is 17.3 Å². The number of urea groups is 1. The average molecular weight is 378 g/mol. The fourth-order valence-electron chi connectivity index (χ4n) is 3.21. The first-order chi connectivity index (χ1) is 13.6. The Morgan fingerprint density at radius 1 is 1.14 bits per heavy atom. The van der Waals surface area contributed by atoms with Gasteiger partial charge in [-0.2, -0.15) is 0 Å². The van der Waals surface area contributed by atoms with E-state index in [0.717, 1.165) is 30.1 Å². The van der Waals surface area contributed by atoms with Crippen molar-refractivity contribution in [3.63, 3.8) is 0 Å². The summed E-state index contributed by atoms with van der Waals surface area (Å²) in [6.07, 6.45) is 4.77. The van der Waals surface area contributed by atoms with E-state index in [1.165, 1.54) is 0 Å². The molecular weight excluding hydrogens is 356 g/mol. The molecule has 1 aliphatic heterocycles. The van der Waals surface area contributed by atoms with E-state index < -0.39 is 0 Å². The number of rotatable bonds is 4. The minimum absolute atomic E-state index is 0.00655. The van der Waals surface area contributed by atoms with Gasteiger partial charge in [-0.3, -0.25) is 0 Å². The highest BCUT2D eigenvalue weighted by Crippen LogP contribution is 2.23. The fraction of sp³-hybridized carbons (Fsp3) is 0.316. The molecule has 144 valence electrons. The first-order valence-corrected chi connectivity index (χ1v) is 9.14. The molecule has 0 saturated carbocycles. The van der Waals surface area contributed by atoms with Crippen molar-refractivity contribution in [1.82, 2.24) is 30.0 Å². The van der Waals surface area contributed by atoms with Crippen LogP contribution in [0.3, 0.4) is 0 Å². The number of carbonyl (C=O) groups excluding carboxylic acids is 1. The second-order valence-electron chi connectivity index (χ2n) is 6.92. The van der Waals surface area contributed by atoms with Crippen LogP contribution < -0.4 is 15.5 Å². The minimum Gasteiger partial charge on any atom is -0.347 e. The van der Waals surface area contributed by atoms with Crippen molar-refractivity contribution >= 4 is 17.7 Å². The first kappa shape index (κ1) is 17.9. The maximum atomic E-state index is 12.4. The molecular formula is C19H22N8O. The molecule has 0 bridgehead atoms. The molecule has 1 atom stereocenters. The average Bonchev–Trinajstić information content (AvgIpc) is 3.12. The number of aryl methyl sites for hydroxylation is 1. The van der Waals surface area contributed by atoms with E-state index in [4.69, 9.17) is 0 Å². The third-order valence-corrected chi connectivity index (χ3v) is 4.61. The maximum absolute atomic E-state index is 12.4. The van der Waals surface area contributed by atoms with Crippen LogP contribution in [0.1, 0.15) is 12.2 Å². The van der Waals surface area contributed by atoms with Crippen LogP contribution in [0.5, 0.6) is 0 Å². The molecule has 4 rings (SSSR count). The topological polar surface area (TPSA) is 101 Å². The molecule has 0 saturated heterocycles. The standard InChI is InChI=1S/C19H22N8O/c1-26(2)18-20-10-15(11-21-18)23-19(28)22-14-8-9-16-24-25-17(27(16)12-14)13-6-4-3-5-7-13/h3-7,10-11,14H,8-9,12H2,1-2H3,(H2,22,23,28). The lowest BCUT2D eigenvalue weighted by molar-refractivity contribution is 0.244. The summed E-state index contributed by atoms with van der Waals surface area (Å²) in [5, 5.41) is 14.4. The normalized spacial score (nSPS) is 15.6. The summed E-state index contributed by atoms with van der Waals surface area (Å²) in [7, 11) is 3.72. The molecule has 28 heavy (non-hydrogen) atoms. The van der Waals surface area contributed by atoms with Gasteiger partial charge in [0.25, 0.3) is 0 Å². The summed E-state index contributed by atoms with van der Waals surface area (Å²) >= 11 is 0. The monoisotopic (exact) mass is 378 g/mol. The Kier molecular flexibility index (Phi) is 4.88. The Morgan fingerprint density at radius 3 is 2.61 bits per heavy atom.